The maximum Gasteiger partial charge on any atom is 0.315 e. The zero-order valence-corrected chi connectivity index (χ0v) is 10.3. The first-order valence-electron chi connectivity index (χ1n) is 5.09. The molecule has 0 bridgehead atoms. The number of carbonyl (C=O) groups is 1. The van der Waals surface area contributed by atoms with Gasteiger partial charge in [0.1, 0.15) is 0 Å². The molecule has 0 unspecified atom stereocenters. The summed E-state index contributed by atoms with van der Waals surface area (Å²) in [5.74, 6) is 0.880. The average Bonchev–Trinajstić information content (AvgIpc) is 2.30. The van der Waals surface area contributed by atoms with Crippen LogP contribution in [0.3, 0.4) is 0 Å². The highest BCUT2D eigenvalue weighted by Crippen LogP contribution is 2.14. The predicted octanol–water partition coefficient (Wildman–Crippen LogP) is 1.92. The van der Waals surface area contributed by atoms with Gasteiger partial charge in [0.15, 0.2) is 0 Å². The van der Waals surface area contributed by atoms with Crippen molar-refractivity contribution in [3.8, 4) is 0 Å². The number of ether oxygens (including phenoxy) is 1. The Kier molecular flexibility index (Phi) is 5.71. The van der Waals surface area contributed by atoms with Crippen LogP contribution in [-0.2, 0) is 15.3 Å². The molecule has 1 aromatic heterocycles. The van der Waals surface area contributed by atoms with Gasteiger partial charge in [-0.2, -0.15) is 0 Å². The molecule has 0 aliphatic heterocycles. The van der Waals surface area contributed by atoms with E-state index in [1.165, 1.54) is 18.9 Å². The zero-order valence-electron chi connectivity index (χ0n) is 9.53. The van der Waals surface area contributed by atoms with Gasteiger partial charge in [-0.3, -0.25) is 9.78 Å². The fraction of sp³-hybridized carbons (Fsp3) is 0.455. The molecule has 0 aromatic carbocycles. The Morgan fingerprint density at radius 2 is 2.44 bits per heavy atom. The molecule has 4 nitrogen and oxygen atoms in total. The van der Waals surface area contributed by atoms with Crippen molar-refractivity contribution in [2.24, 2.45) is 0 Å². The summed E-state index contributed by atoms with van der Waals surface area (Å²) >= 11 is 1.50. The van der Waals surface area contributed by atoms with Crippen molar-refractivity contribution in [3.05, 3.63) is 24.0 Å². The van der Waals surface area contributed by atoms with E-state index in [4.69, 9.17) is 0 Å². The third-order valence-electron chi connectivity index (χ3n) is 1.89. The number of esters is 1. The lowest BCUT2D eigenvalue weighted by Crippen LogP contribution is -2.04. The molecule has 1 heterocycles. The minimum atomic E-state index is -0.201. The van der Waals surface area contributed by atoms with E-state index in [1.807, 2.05) is 19.1 Å². The normalized spacial score (nSPS) is 9.88. The quantitative estimate of drug-likeness (QED) is 0.770. The topological polar surface area (TPSA) is 51.2 Å². The van der Waals surface area contributed by atoms with Crippen molar-refractivity contribution in [1.82, 2.24) is 4.98 Å². The van der Waals surface area contributed by atoms with E-state index in [1.54, 1.807) is 6.20 Å². The van der Waals surface area contributed by atoms with Crippen LogP contribution in [-0.4, -0.2) is 30.4 Å². The van der Waals surface area contributed by atoms with Gasteiger partial charge in [0, 0.05) is 24.2 Å². The first-order chi connectivity index (χ1) is 7.76. The number of nitrogens with one attached hydrogen (secondary N) is 1. The molecule has 1 N–H and O–H groups in total. The molecule has 0 radical (unpaired) electrons. The van der Waals surface area contributed by atoms with Gasteiger partial charge < -0.3 is 10.1 Å². The van der Waals surface area contributed by atoms with Gasteiger partial charge in [-0.1, -0.05) is 0 Å². The molecule has 5 heteroatoms. The minimum Gasteiger partial charge on any atom is -0.468 e. The van der Waals surface area contributed by atoms with Crippen molar-refractivity contribution < 1.29 is 9.53 Å². The average molecular weight is 240 g/mol. The fourth-order valence-corrected chi connectivity index (χ4v) is 1.92. The number of anilines is 1. The first kappa shape index (κ1) is 12.8. The molecule has 1 rings (SSSR count). The Morgan fingerprint density at radius 1 is 1.62 bits per heavy atom. The number of carbonyl (C=O) groups excluding carboxylic acids is 1. The van der Waals surface area contributed by atoms with Crippen LogP contribution < -0.4 is 5.32 Å². The number of hydrogen-bond acceptors (Lipinski definition) is 5. The molecule has 0 spiro atoms. The number of aromatic nitrogens is 1. The number of hydrogen-bond donors (Lipinski definition) is 1. The van der Waals surface area contributed by atoms with Gasteiger partial charge >= 0.3 is 5.97 Å². The van der Waals surface area contributed by atoms with E-state index < -0.39 is 0 Å². The van der Waals surface area contributed by atoms with Crippen molar-refractivity contribution >= 4 is 23.4 Å². The molecule has 0 fully saturated rings. The van der Waals surface area contributed by atoms with Crippen molar-refractivity contribution in [2.75, 3.05) is 24.7 Å². The summed E-state index contributed by atoms with van der Waals surface area (Å²) in [6.45, 7) is 2.94. The van der Waals surface area contributed by atoms with E-state index in [0.29, 0.717) is 11.5 Å². The highest BCUT2D eigenvalue weighted by atomic mass is 32.2. The van der Waals surface area contributed by atoms with Crippen LogP contribution in [0.4, 0.5) is 5.69 Å². The molecule has 0 aliphatic rings. The molecule has 16 heavy (non-hydrogen) atoms. The predicted molar refractivity (Wildman–Crippen MR) is 66.6 cm³/mol. The van der Waals surface area contributed by atoms with Gasteiger partial charge in [0.05, 0.1) is 18.6 Å². The second-order valence-electron chi connectivity index (χ2n) is 3.14. The molecule has 1 aromatic rings. The first-order valence-corrected chi connectivity index (χ1v) is 6.25. The number of nitrogens with zero attached hydrogens (tertiary/aromatic N) is 1. The SMILES string of the molecule is CCNc1ccnc(CSCC(=O)OC)c1. The third kappa shape index (κ3) is 4.53. The maximum absolute atomic E-state index is 10.9. The molecule has 0 atom stereocenters. The second kappa shape index (κ2) is 7.11. The van der Waals surface area contributed by atoms with Crippen LogP contribution in [0.25, 0.3) is 0 Å². The summed E-state index contributed by atoms with van der Waals surface area (Å²) in [6, 6.07) is 3.92. The van der Waals surface area contributed by atoms with Crippen molar-refractivity contribution in [2.45, 2.75) is 12.7 Å². The lowest BCUT2D eigenvalue weighted by molar-refractivity contribution is -0.137. The Bertz CT molecular complexity index is 345. The Hall–Kier alpha value is -1.23. The lowest BCUT2D eigenvalue weighted by Gasteiger charge is -2.05. The fourth-order valence-electron chi connectivity index (χ4n) is 1.17. The summed E-state index contributed by atoms with van der Waals surface area (Å²) in [4.78, 5) is 15.1. The largest absolute Gasteiger partial charge is 0.468 e. The molecular weight excluding hydrogens is 224 g/mol. The van der Waals surface area contributed by atoms with Gasteiger partial charge in [-0.25, -0.2) is 0 Å². The van der Waals surface area contributed by atoms with Crippen molar-refractivity contribution in [1.29, 1.82) is 0 Å². The molecule has 0 saturated carbocycles. The van der Waals surface area contributed by atoms with Gasteiger partial charge in [-0.15, -0.1) is 11.8 Å². The summed E-state index contributed by atoms with van der Waals surface area (Å²) in [5.41, 5.74) is 2.03. The van der Waals surface area contributed by atoms with E-state index in [-0.39, 0.29) is 5.97 Å². The summed E-state index contributed by atoms with van der Waals surface area (Å²) in [7, 11) is 1.40. The Morgan fingerprint density at radius 3 is 3.12 bits per heavy atom. The van der Waals surface area contributed by atoms with E-state index >= 15 is 0 Å². The standard InChI is InChI=1S/C11H16N2O2S/c1-3-12-9-4-5-13-10(6-9)7-16-8-11(14)15-2/h4-6H,3,7-8H2,1-2H3,(H,12,13). The number of rotatable bonds is 6. The van der Waals surface area contributed by atoms with Crippen LogP contribution in [0.2, 0.25) is 0 Å². The number of thioether (sulfide) groups is 1. The highest BCUT2D eigenvalue weighted by Gasteiger charge is 2.02. The summed E-state index contributed by atoms with van der Waals surface area (Å²) in [5, 5.41) is 3.22. The van der Waals surface area contributed by atoms with Gasteiger partial charge in [-0.05, 0) is 19.1 Å². The third-order valence-corrected chi connectivity index (χ3v) is 2.83. The van der Waals surface area contributed by atoms with Gasteiger partial charge in [0.2, 0.25) is 0 Å². The van der Waals surface area contributed by atoms with Crippen LogP contribution >= 0.6 is 11.8 Å². The van der Waals surface area contributed by atoms with E-state index in [9.17, 15) is 4.79 Å². The zero-order chi connectivity index (χ0) is 11.8. The number of pyridine rings is 1. The molecule has 0 saturated heterocycles. The lowest BCUT2D eigenvalue weighted by atomic mass is 10.3. The Balaban J connectivity index is 2.41. The minimum absolute atomic E-state index is 0.201. The van der Waals surface area contributed by atoms with Gasteiger partial charge in [0.25, 0.3) is 0 Å². The van der Waals surface area contributed by atoms with Crippen molar-refractivity contribution in [3.63, 3.8) is 0 Å². The smallest absolute Gasteiger partial charge is 0.315 e. The summed E-state index contributed by atoms with van der Waals surface area (Å²) < 4.78 is 4.56. The van der Waals surface area contributed by atoms with Crippen LogP contribution in [0.1, 0.15) is 12.6 Å². The van der Waals surface area contributed by atoms with Crippen LogP contribution in [0, 0.1) is 0 Å². The maximum atomic E-state index is 10.9. The molecule has 0 aliphatic carbocycles. The molecule has 88 valence electrons. The van der Waals surface area contributed by atoms with E-state index in [0.717, 1.165) is 17.9 Å². The molecule has 0 amide bonds. The monoisotopic (exact) mass is 240 g/mol. The number of methoxy groups -OCH3 is 1. The summed E-state index contributed by atoms with van der Waals surface area (Å²) in [6.07, 6.45) is 1.77. The van der Waals surface area contributed by atoms with Crippen LogP contribution in [0.15, 0.2) is 18.3 Å². The second-order valence-corrected chi connectivity index (χ2v) is 4.12. The van der Waals surface area contributed by atoms with Crippen LogP contribution in [0.5, 0.6) is 0 Å². The highest BCUT2D eigenvalue weighted by molar-refractivity contribution is 7.99. The Labute approximate surface area is 99.8 Å². The molecular formula is C11H16N2O2S. The van der Waals surface area contributed by atoms with E-state index in [2.05, 4.69) is 15.0 Å².